The second-order valence-corrected chi connectivity index (χ2v) is 5.94. The Balaban J connectivity index is 1.68. The number of nitrogens with zero attached hydrogens (tertiary/aromatic N) is 1. The summed E-state index contributed by atoms with van der Waals surface area (Å²) in [5.74, 6) is 0.967. The standard InChI is InChI=1S/C19H21NO2/c1-14-7-3-4-9-16(14)12-20(2)19(21)17-11-15-8-5-6-10-18(15)22-13-17/h3-10,17H,11-13H2,1-2H3. The monoisotopic (exact) mass is 295 g/mol. The summed E-state index contributed by atoms with van der Waals surface area (Å²) in [7, 11) is 1.87. The predicted molar refractivity (Wildman–Crippen MR) is 86.8 cm³/mol. The molecular weight excluding hydrogens is 274 g/mol. The summed E-state index contributed by atoms with van der Waals surface area (Å²) in [5.41, 5.74) is 3.53. The van der Waals surface area contributed by atoms with E-state index in [1.165, 1.54) is 11.1 Å². The smallest absolute Gasteiger partial charge is 0.229 e. The van der Waals surface area contributed by atoms with E-state index in [2.05, 4.69) is 19.1 Å². The molecule has 1 aliphatic rings. The third-order valence-electron chi connectivity index (χ3n) is 4.27. The molecular formula is C19H21NO2. The Bertz CT molecular complexity index is 681. The highest BCUT2D eigenvalue weighted by Crippen LogP contribution is 2.27. The lowest BCUT2D eigenvalue weighted by Gasteiger charge is -2.28. The second kappa shape index (κ2) is 6.22. The molecule has 1 heterocycles. The van der Waals surface area contributed by atoms with Crippen LogP contribution < -0.4 is 4.74 Å². The first-order valence-electron chi connectivity index (χ1n) is 7.65. The number of aryl methyl sites for hydroxylation is 1. The summed E-state index contributed by atoms with van der Waals surface area (Å²) < 4.78 is 5.73. The van der Waals surface area contributed by atoms with Crippen molar-refractivity contribution in [2.45, 2.75) is 19.9 Å². The lowest BCUT2D eigenvalue weighted by molar-refractivity contribution is -0.136. The van der Waals surface area contributed by atoms with E-state index >= 15 is 0 Å². The zero-order chi connectivity index (χ0) is 15.5. The molecule has 3 nitrogen and oxygen atoms in total. The molecule has 3 heteroatoms. The largest absolute Gasteiger partial charge is 0.492 e. The average molecular weight is 295 g/mol. The number of amides is 1. The molecule has 114 valence electrons. The van der Waals surface area contributed by atoms with Gasteiger partial charge in [0.25, 0.3) is 0 Å². The van der Waals surface area contributed by atoms with Crippen LogP contribution in [0.15, 0.2) is 48.5 Å². The molecule has 1 unspecified atom stereocenters. The van der Waals surface area contributed by atoms with Gasteiger partial charge >= 0.3 is 0 Å². The molecule has 0 saturated heterocycles. The van der Waals surface area contributed by atoms with E-state index in [1.807, 2.05) is 48.3 Å². The van der Waals surface area contributed by atoms with Gasteiger partial charge in [-0.1, -0.05) is 42.5 Å². The number of rotatable bonds is 3. The number of para-hydroxylation sites is 1. The SMILES string of the molecule is Cc1ccccc1CN(C)C(=O)C1COc2ccccc2C1. The van der Waals surface area contributed by atoms with Crippen LogP contribution in [0.5, 0.6) is 5.75 Å². The molecule has 22 heavy (non-hydrogen) atoms. The van der Waals surface area contributed by atoms with Gasteiger partial charge in [0.05, 0.1) is 5.92 Å². The normalized spacial score (nSPS) is 16.5. The van der Waals surface area contributed by atoms with Gasteiger partial charge < -0.3 is 9.64 Å². The van der Waals surface area contributed by atoms with Crippen molar-refractivity contribution in [2.24, 2.45) is 5.92 Å². The van der Waals surface area contributed by atoms with Gasteiger partial charge in [-0.25, -0.2) is 0 Å². The predicted octanol–water partition coefficient (Wildman–Crippen LogP) is 3.20. The fourth-order valence-corrected chi connectivity index (χ4v) is 2.92. The van der Waals surface area contributed by atoms with Crippen molar-refractivity contribution < 1.29 is 9.53 Å². The van der Waals surface area contributed by atoms with Crippen LogP contribution in [0.1, 0.15) is 16.7 Å². The van der Waals surface area contributed by atoms with E-state index in [9.17, 15) is 4.79 Å². The first kappa shape index (κ1) is 14.6. The van der Waals surface area contributed by atoms with Crippen LogP contribution in [0.25, 0.3) is 0 Å². The van der Waals surface area contributed by atoms with Crippen LogP contribution in [-0.4, -0.2) is 24.5 Å². The first-order valence-corrected chi connectivity index (χ1v) is 7.65. The average Bonchev–Trinajstić information content (AvgIpc) is 2.55. The molecule has 3 rings (SSSR count). The van der Waals surface area contributed by atoms with Gasteiger partial charge in [-0.15, -0.1) is 0 Å². The summed E-state index contributed by atoms with van der Waals surface area (Å²) in [6, 6.07) is 16.1. The topological polar surface area (TPSA) is 29.5 Å². The maximum Gasteiger partial charge on any atom is 0.229 e. The van der Waals surface area contributed by atoms with E-state index < -0.39 is 0 Å². The Morgan fingerprint density at radius 3 is 2.73 bits per heavy atom. The zero-order valence-corrected chi connectivity index (χ0v) is 13.1. The summed E-state index contributed by atoms with van der Waals surface area (Å²) in [4.78, 5) is 14.5. The van der Waals surface area contributed by atoms with E-state index in [-0.39, 0.29) is 11.8 Å². The Morgan fingerprint density at radius 1 is 1.18 bits per heavy atom. The number of ether oxygens (including phenoxy) is 1. The van der Waals surface area contributed by atoms with Crippen molar-refractivity contribution in [2.75, 3.05) is 13.7 Å². The molecule has 0 radical (unpaired) electrons. The quantitative estimate of drug-likeness (QED) is 0.870. The molecule has 0 saturated carbocycles. The maximum absolute atomic E-state index is 12.7. The number of benzene rings is 2. The summed E-state index contributed by atoms with van der Waals surface area (Å²) in [6.07, 6.45) is 0.757. The van der Waals surface area contributed by atoms with Crippen LogP contribution in [0.2, 0.25) is 0 Å². The summed E-state index contributed by atoms with van der Waals surface area (Å²) in [5, 5.41) is 0. The number of carbonyl (C=O) groups is 1. The summed E-state index contributed by atoms with van der Waals surface area (Å²) >= 11 is 0. The highest BCUT2D eigenvalue weighted by Gasteiger charge is 2.28. The first-order chi connectivity index (χ1) is 10.6. The Morgan fingerprint density at radius 2 is 1.91 bits per heavy atom. The van der Waals surface area contributed by atoms with Gasteiger partial charge in [-0.2, -0.15) is 0 Å². The molecule has 2 aromatic rings. The van der Waals surface area contributed by atoms with Crippen LogP contribution >= 0.6 is 0 Å². The Hall–Kier alpha value is -2.29. The lowest BCUT2D eigenvalue weighted by Crippen LogP contribution is -2.38. The number of hydrogen-bond acceptors (Lipinski definition) is 2. The van der Waals surface area contributed by atoms with Crippen molar-refractivity contribution in [3.05, 3.63) is 65.2 Å². The van der Waals surface area contributed by atoms with Crippen molar-refractivity contribution in [3.8, 4) is 5.75 Å². The van der Waals surface area contributed by atoms with E-state index in [0.29, 0.717) is 13.2 Å². The van der Waals surface area contributed by atoms with Gasteiger partial charge in [-0.05, 0) is 36.1 Å². The minimum absolute atomic E-state index is 0.0936. The van der Waals surface area contributed by atoms with Crippen LogP contribution in [-0.2, 0) is 17.8 Å². The number of carbonyl (C=O) groups excluding carboxylic acids is 1. The van der Waals surface area contributed by atoms with Crippen molar-refractivity contribution in [1.29, 1.82) is 0 Å². The third kappa shape index (κ3) is 2.98. The van der Waals surface area contributed by atoms with E-state index in [0.717, 1.165) is 17.7 Å². The van der Waals surface area contributed by atoms with Crippen LogP contribution in [0, 0.1) is 12.8 Å². The number of fused-ring (bicyclic) bond motifs is 1. The Labute approximate surface area is 131 Å². The molecule has 1 aliphatic heterocycles. The molecule has 2 aromatic carbocycles. The van der Waals surface area contributed by atoms with Gasteiger partial charge in [0.2, 0.25) is 5.91 Å². The molecule has 1 amide bonds. The third-order valence-corrected chi connectivity index (χ3v) is 4.27. The fourth-order valence-electron chi connectivity index (χ4n) is 2.92. The Kier molecular flexibility index (Phi) is 4.14. The van der Waals surface area contributed by atoms with Gasteiger partial charge in [0.1, 0.15) is 12.4 Å². The molecule has 0 aromatic heterocycles. The zero-order valence-electron chi connectivity index (χ0n) is 13.1. The minimum Gasteiger partial charge on any atom is -0.492 e. The molecule has 0 aliphatic carbocycles. The molecule has 0 N–H and O–H groups in total. The fraction of sp³-hybridized carbons (Fsp3) is 0.316. The highest BCUT2D eigenvalue weighted by atomic mass is 16.5. The molecule has 0 spiro atoms. The van der Waals surface area contributed by atoms with E-state index in [1.54, 1.807) is 0 Å². The van der Waals surface area contributed by atoms with Crippen molar-refractivity contribution >= 4 is 5.91 Å². The van der Waals surface area contributed by atoms with E-state index in [4.69, 9.17) is 4.74 Å². The number of hydrogen-bond donors (Lipinski definition) is 0. The van der Waals surface area contributed by atoms with Crippen LogP contribution in [0.3, 0.4) is 0 Å². The minimum atomic E-state index is -0.0936. The molecule has 1 atom stereocenters. The van der Waals surface area contributed by atoms with Gasteiger partial charge in [0, 0.05) is 13.6 Å². The van der Waals surface area contributed by atoms with Crippen molar-refractivity contribution in [1.82, 2.24) is 4.90 Å². The summed E-state index contributed by atoms with van der Waals surface area (Å²) in [6.45, 7) is 3.19. The maximum atomic E-state index is 12.7. The van der Waals surface area contributed by atoms with Crippen LogP contribution in [0.4, 0.5) is 0 Å². The van der Waals surface area contributed by atoms with Crippen molar-refractivity contribution in [3.63, 3.8) is 0 Å². The second-order valence-electron chi connectivity index (χ2n) is 5.94. The van der Waals surface area contributed by atoms with Gasteiger partial charge in [0.15, 0.2) is 0 Å². The molecule has 0 fully saturated rings. The molecule has 0 bridgehead atoms. The highest BCUT2D eigenvalue weighted by molar-refractivity contribution is 5.79. The lowest BCUT2D eigenvalue weighted by atomic mass is 9.95. The van der Waals surface area contributed by atoms with Gasteiger partial charge in [-0.3, -0.25) is 4.79 Å².